The summed E-state index contributed by atoms with van der Waals surface area (Å²) in [7, 11) is 5.44. The molecule has 0 amide bonds. The van der Waals surface area contributed by atoms with E-state index in [0.717, 1.165) is 66.3 Å². The van der Waals surface area contributed by atoms with Gasteiger partial charge < -0.3 is 18.8 Å². The number of hydrogen-bond acceptors (Lipinski definition) is 7. The lowest BCUT2D eigenvalue weighted by molar-refractivity contribution is 0.0934. The average molecular weight is 483 g/mol. The van der Waals surface area contributed by atoms with Crippen LogP contribution in [0.4, 0.5) is 0 Å². The summed E-state index contributed by atoms with van der Waals surface area (Å²) < 4.78 is 19.0. The Hall–Kier alpha value is -2.55. The van der Waals surface area contributed by atoms with Crippen molar-refractivity contribution in [1.29, 1.82) is 0 Å². The highest BCUT2D eigenvalue weighted by atomic mass is 32.2. The Morgan fingerprint density at radius 2 is 1.85 bits per heavy atom. The summed E-state index contributed by atoms with van der Waals surface area (Å²) in [5.74, 6) is 3.41. The maximum absolute atomic E-state index is 5.94. The molecule has 182 valence electrons. The van der Waals surface area contributed by atoms with Crippen LogP contribution in [0, 0.1) is 6.92 Å². The second kappa shape index (κ2) is 11.7. The van der Waals surface area contributed by atoms with Gasteiger partial charge in [-0.2, -0.15) is 0 Å². The summed E-state index contributed by atoms with van der Waals surface area (Å²) >= 11 is 1.74. The molecule has 2 aromatic carbocycles. The molecule has 2 heterocycles. The first-order chi connectivity index (χ1) is 16.6. The lowest BCUT2D eigenvalue weighted by Crippen LogP contribution is -2.23. The highest BCUT2D eigenvalue weighted by Crippen LogP contribution is 2.27. The van der Waals surface area contributed by atoms with Crippen LogP contribution in [0.2, 0.25) is 0 Å². The minimum atomic E-state index is 0.223. The van der Waals surface area contributed by atoms with E-state index in [-0.39, 0.29) is 6.10 Å². The number of hydrogen-bond donors (Lipinski definition) is 0. The van der Waals surface area contributed by atoms with Crippen molar-refractivity contribution in [1.82, 2.24) is 19.7 Å². The molecule has 7 nitrogen and oxygen atoms in total. The van der Waals surface area contributed by atoms with E-state index >= 15 is 0 Å². The molecule has 1 aromatic heterocycles. The van der Waals surface area contributed by atoms with Gasteiger partial charge in [0.25, 0.3) is 0 Å². The van der Waals surface area contributed by atoms with Gasteiger partial charge in [-0.15, -0.1) is 10.2 Å². The van der Waals surface area contributed by atoms with Crippen LogP contribution in [0.15, 0.2) is 47.6 Å². The minimum absolute atomic E-state index is 0.223. The molecule has 1 fully saturated rings. The highest BCUT2D eigenvalue weighted by molar-refractivity contribution is 7.98. The predicted molar refractivity (Wildman–Crippen MR) is 134 cm³/mol. The van der Waals surface area contributed by atoms with Crippen LogP contribution in [0.3, 0.4) is 0 Å². The third kappa shape index (κ3) is 6.31. The topological polar surface area (TPSA) is 61.6 Å². The monoisotopic (exact) mass is 482 g/mol. The Morgan fingerprint density at radius 3 is 2.53 bits per heavy atom. The van der Waals surface area contributed by atoms with Crippen molar-refractivity contribution < 1.29 is 14.2 Å². The van der Waals surface area contributed by atoms with Gasteiger partial charge in [0, 0.05) is 25.0 Å². The van der Waals surface area contributed by atoms with E-state index in [2.05, 4.69) is 57.9 Å². The molecule has 0 spiro atoms. The first-order valence-corrected chi connectivity index (χ1v) is 12.7. The van der Waals surface area contributed by atoms with Crippen LogP contribution in [-0.4, -0.2) is 53.6 Å². The molecule has 4 rings (SSSR count). The number of methoxy groups -OCH3 is 2. The van der Waals surface area contributed by atoms with Gasteiger partial charge in [0.05, 0.1) is 33.4 Å². The van der Waals surface area contributed by atoms with Crippen molar-refractivity contribution in [2.45, 2.75) is 56.4 Å². The Morgan fingerprint density at radius 1 is 1.09 bits per heavy atom. The van der Waals surface area contributed by atoms with Crippen LogP contribution in [0.25, 0.3) is 0 Å². The maximum Gasteiger partial charge on any atom is 0.191 e. The van der Waals surface area contributed by atoms with Crippen LogP contribution in [-0.2, 0) is 30.1 Å². The second-order valence-electron chi connectivity index (χ2n) is 8.75. The van der Waals surface area contributed by atoms with E-state index in [4.69, 9.17) is 14.2 Å². The summed E-state index contributed by atoms with van der Waals surface area (Å²) in [6, 6.07) is 14.5. The summed E-state index contributed by atoms with van der Waals surface area (Å²) in [5, 5.41) is 10.1. The third-order valence-corrected chi connectivity index (χ3v) is 7.11. The molecule has 1 aliphatic heterocycles. The van der Waals surface area contributed by atoms with Gasteiger partial charge in [-0.25, -0.2) is 0 Å². The van der Waals surface area contributed by atoms with Crippen LogP contribution in [0.1, 0.15) is 35.4 Å². The van der Waals surface area contributed by atoms with Gasteiger partial charge in [-0.3, -0.25) is 4.90 Å². The Kier molecular flexibility index (Phi) is 8.48. The zero-order chi connectivity index (χ0) is 23.9. The minimum Gasteiger partial charge on any atom is -0.497 e. The standard InChI is InChI=1S/C26H34N4O3S/c1-19-8-5-6-9-21(19)18-34-26-28-27-25(30(26)16-22-10-7-11-33-22)17-29(2)15-20-12-23(31-3)14-24(13-20)32-4/h5-6,8-9,12-14,22H,7,10-11,15-18H2,1-4H3/t22-/m1/s1. The molecule has 1 atom stereocenters. The average Bonchev–Trinajstić information content (AvgIpc) is 3.49. The van der Waals surface area contributed by atoms with Crippen LogP contribution >= 0.6 is 11.8 Å². The largest absolute Gasteiger partial charge is 0.497 e. The van der Waals surface area contributed by atoms with E-state index in [1.54, 1.807) is 26.0 Å². The molecule has 0 unspecified atom stereocenters. The van der Waals surface area contributed by atoms with Gasteiger partial charge in [-0.1, -0.05) is 36.0 Å². The molecular formula is C26H34N4O3S. The van der Waals surface area contributed by atoms with Gasteiger partial charge in [0.15, 0.2) is 5.16 Å². The number of aryl methyl sites for hydroxylation is 1. The van der Waals surface area contributed by atoms with Gasteiger partial charge in [0.1, 0.15) is 17.3 Å². The lowest BCUT2D eigenvalue weighted by atomic mass is 10.1. The highest BCUT2D eigenvalue weighted by Gasteiger charge is 2.22. The first kappa shape index (κ1) is 24.6. The molecular weight excluding hydrogens is 448 g/mol. The molecule has 0 aliphatic carbocycles. The quantitative estimate of drug-likeness (QED) is 0.367. The number of rotatable bonds is 11. The number of benzene rings is 2. The number of thioether (sulfide) groups is 1. The van der Waals surface area contributed by atoms with Gasteiger partial charge in [0.2, 0.25) is 0 Å². The molecule has 1 aliphatic rings. The lowest BCUT2D eigenvalue weighted by Gasteiger charge is -2.20. The summed E-state index contributed by atoms with van der Waals surface area (Å²) in [5.41, 5.74) is 3.75. The molecule has 1 saturated heterocycles. The Bertz CT molecular complexity index is 1060. The molecule has 8 heteroatoms. The van der Waals surface area contributed by atoms with Crippen molar-refractivity contribution in [2.24, 2.45) is 0 Å². The molecule has 34 heavy (non-hydrogen) atoms. The molecule has 0 N–H and O–H groups in total. The fraction of sp³-hybridized carbons (Fsp3) is 0.462. The van der Waals surface area contributed by atoms with Crippen LogP contribution in [0.5, 0.6) is 11.5 Å². The number of nitrogens with zero attached hydrogens (tertiary/aromatic N) is 4. The van der Waals surface area contributed by atoms with Crippen LogP contribution < -0.4 is 9.47 Å². The van der Waals surface area contributed by atoms with Crippen molar-refractivity contribution >= 4 is 11.8 Å². The zero-order valence-corrected chi connectivity index (χ0v) is 21.3. The summed E-state index contributed by atoms with van der Waals surface area (Å²) in [4.78, 5) is 2.24. The van der Waals surface area contributed by atoms with Crippen molar-refractivity contribution in [2.75, 3.05) is 27.9 Å². The maximum atomic E-state index is 5.94. The zero-order valence-electron chi connectivity index (χ0n) is 20.5. The number of ether oxygens (including phenoxy) is 3. The van der Waals surface area contributed by atoms with Gasteiger partial charge >= 0.3 is 0 Å². The van der Waals surface area contributed by atoms with Crippen molar-refractivity contribution in [3.05, 3.63) is 65.0 Å². The first-order valence-electron chi connectivity index (χ1n) is 11.7. The van der Waals surface area contributed by atoms with E-state index in [1.807, 2.05) is 18.2 Å². The van der Waals surface area contributed by atoms with E-state index < -0.39 is 0 Å². The fourth-order valence-electron chi connectivity index (χ4n) is 4.20. The van der Waals surface area contributed by atoms with Crippen molar-refractivity contribution in [3.63, 3.8) is 0 Å². The van der Waals surface area contributed by atoms with E-state index in [1.165, 1.54) is 11.1 Å². The molecule has 0 saturated carbocycles. The summed E-state index contributed by atoms with van der Waals surface area (Å²) in [6.07, 6.45) is 2.42. The molecule has 0 radical (unpaired) electrons. The second-order valence-corrected chi connectivity index (χ2v) is 9.70. The Balaban J connectivity index is 1.49. The van der Waals surface area contributed by atoms with Gasteiger partial charge in [-0.05, 0) is 55.6 Å². The van der Waals surface area contributed by atoms with E-state index in [9.17, 15) is 0 Å². The predicted octanol–water partition coefficient (Wildman–Crippen LogP) is 4.71. The SMILES string of the molecule is COc1cc(CN(C)Cc2nnc(SCc3ccccc3C)n2C[C@H]2CCCO2)cc(OC)c1. The fourth-order valence-corrected chi connectivity index (χ4v) is 5.24. The normalized spacial score (nSPS) is 15.7. The van der Waals surface area contributed by atoms with E-state index in [0.29, 0.717) is 6.54 Å². The third-order valence-electron chi connectivity index (χ3n) is 6.10. The summed E-state index contributed by atoms with van der Waals surface area (Å²) in [6.45, 7) is 5.21. The molecule has 3 aromatic rings. The number of aromatic nitrogens is 3. The van der Waals surface area contributed by atoms with Crippen molar-refractivity contribution in [3.8, 4) is 11.5 Å². The molecule has 0 bridgehead atoms. The smallest absolute Gasteiger partial charge is 0.191 e. The Labute approximate surface area is 206 Å².